The molecule has 0 radical (unpaired) electrons. The van der Waals surface area contributed by atoms with Gasteiger partial charge in [0.25, 0.3) is 5.91 Å². The monoisotopic (exact) mass is 576 g/mol. The van der Waals surface area contributed by atoms with Crippen LogP contribution in [0.2, 0.25) is 0 Å². The number of nitrogens with two attached hydrogens (primary N) is 1. The molecule has 0 spiro atoms. The molecule has 43 heavy (non-hydrogen) atoms. The smallest absolute Gasteiger partial charge is 0.266 e. The van der Waals surface area contributed by atoms with E-state index in [1.807, 2.05) is 91.0 Å². The van der Waals surface area contributed by atoms with Crippen LogP contribution in [0.1, 0.15) is 34.8 Å². The normalized spacial score (nSPS) is 17.3. The number of hydrazine groups is 1. The van der Waals surface area contributed by atoms with Gasteiger partial charge in [0, 0.05) is 29.9 Å². The minimum absolute atomic E-state index is 0.0493. The van der Waals surface area contributed by atoms with E-state index in [9.17, 15) is 4.79 Å². The van der Waals surface area contributed by atoms with Crippen molar-refractivity contribution in [1.29, 1.82) is 0 Å². The molecule has 4 aromatic rings. The fourth-order valence-electron chi connectivity index (χ4n) is 5.17. The van der Waals surface area contributed by atoms with Crippen LogP contribution < -0.4 is 16.0 Å². The number of aliphatic hydroxyl groups is 1. The van der Waals surface area contributed by atoms with E-state index < -0.39 is 17.6 Å². The molecule has 0 saturated carbocycles. The van der Waals surface area contributed by atoms with Gasteiger partial charge in [0.05, 0.1) is 13.2 Å². The molecule has 218 valence electrons. The van der Waals surface area contributed by atoms with Crippen molar-refractivity contribution < 1.29 is 19.4 Å². The van der Waals surface area contributed by atoms with Crippen molar-refractivity contribution in [3.63, 3.8) is 0 Å². The van der Waals surface area contributed by atoms with Crippen molar-refractivity contribution in [2.24, 2.45) is 15.9 Å². The lowest BCUT2D eigenvalue weighted by Gasteiger charge is -2.30. The molecular formula is C33H32N6O4. The lowest BCUT2D eigenvalue weighted by Crippen LogP contribution is -2.52. The number of nitrogens with one attached hydrogen (secondary N) is 1. The highest BCUT2D eigenvalue weighted by Crippen LogP contribution is 2.43. The van der Waals surface area contributed by atoms with Crippen molar-refractivity contribution in [2.75, 3.05) is 13.2 Å². The molecule has 4 N–H and O–H groups in total. The molecule has 5 rings (SSSR count). The van der Waals surface area contributed by atoms with E-state index in [1.165, 1.54) is 0 Å². The van der Waals surface area contributed by atoms with E-state index in [2.05, 4.69) is 15.5 Å². The Labute approximate surface area is 249 Å². The van der Waals surface area contributed by atoms with Gasteiger partial charge < -0.3 is 14.6 Å². The van der Waals surface area contributed by atoms with Gasteiger partial charge in [-0.2, -0.15) is 0 Å². The van der Waals surface area contributed by atoms with E-state index in [-0.39, 0.29) is 25.5 Å². The number of rotatable bonds is 12. The maximum Gasteiger partial charge on any atom is 0.266 e. The molecule has 10 nitrogen and oxygen atoms in total. The average molecular weight is 577 g/mol. The third-order valence-corrected chi connectivity index (χ3v) is 7.36. The first kappa shape index (κ1) is 29.3. The first-order valence-corrected chi connectivity index (χ1v) is 13.9. The van der Waals surface area contributed by atoms with Gasteiger partial charge in [0.1, 0.15) is 5.75 Å². The van der Waals surface area contributed by atoms with Crippen LogP contribution in [-0.4, -0.2) is 35.7 Å². The Balaban J connectivity index is 1.57. The lowest BCUT2D eigenvalue weighted by molar-refractivity contribution is -0.129. The average Bonchev–Trinajstić information content (AvgIpc) is 3.45. The van der Waals surface area contributed by atoms with Crippen LogP contribution in [0.3, 0.4) is 0 Å². The Bertz CT molecular complexity index is 1620. The summed E-state index contributed by atoms with van der Waals surface area (Å²) >= 11 is 0. The Kier molecular flexibility index (Phi) is 9.33. The first-order valence-electron chi connectivity index (χ1n) is 13.9. The van der Waals surface area contributed by atoms with E-state index in [1.54, 1.807) is 12.1 Å². The van der Waals surface area contributed by atoms with Crippen LogP contribution in [0.25, 0.3) is 21.6 Å². The van der Waals surface area contributed by atoms with Gasteiger partial charge in [-0.25, -0.2) is 10.8 Å². The second kappa shape index (κ2) is 13.7. The van der Waals surface area contributed by atoms with E-state index in [0.29, 0.717) is 24.3 Å². The third-order valence-electron chi connectivity index (χ3n) is 7.36. The van der Waals surface area contributed by atoms with E-state index in [4.69, 9.17) is 30.9 Å². The van der Waals surface area contributed by atoms with Crippen molar-refractivity contribution in [3.05, 3.63) is 136 Å². The number of nitrogens with zero attached hydrogens (tertiary/aromatic N) is 4. The molecule has 0 unspecified atom stereocenters. The highest BCUT2D eigenvalue weighted by atomic mass is 16.5. The maximum atomic E-state index is 13.8. The minimum Gasteiger partial charge on any atom is -0.494 e. The Morgan fingerprint density at radius 1 is 0.953 bits per heavy atom. The summed E-state index contributed by atoms with van der Waals surface area (Å²) in [5, 5.41) is 12.8. The predicted molar refractivity (Wildman–Crippen MR) is 164 cm³/mol. The van der Waals surface area contributed by atoms with Crippen LogP contribution in [0, 0.1) is 0 Å². The summed E-state index contributed by atoms with van der Waals surface area (Å²) in [5.74, 6) is 6.20. The molecule has 0 bridgehead atoms. The number of amides is 1. The van der Waals surface area contributed by atoms with Gasteiger partial charge in [-0.05, 0) is 57.6 Å². The first-order chi connectivity index (χ1) is 21.1. The van der Waals surface area contributed by atoms with Crippen molar-refractivity contribution >= 4 is 11.8 Å². The summed E-state index contributed by atoms with van der Waals surface area (Å²) in [6.45, 7) is 0.565. The number of aliphatic imine (C=N–C) groups is 1. The summed E-state index contributed by atoms with van der Waals surface area (Å²) in [6, 6.07) is 32.5. The summed E-state index contributed by atoms with van der Waals surface area (Å²) in [6.07, 6.45) is -0.145. The molecule has 0 fully saturated rings. The Morgan fingerprint density at radius 3 is 2.28 bits per heavy atom. The van der Waals surface area contributed by atoms with Crippen molar-refractivity contribution in [2.45, 2.75) is 31.0 Å². The molecule has 10 heteroatoms. The zero-order valence-electron chi connectivity index (χ0n) is 23.5. The molecule has 2 atom stereocenters. The van der Waals surface area contributed by atoms with Crippen LogP contribution in [0.5, 0.6) is 5.75 Å². The van der Waals surface area contributed by atoms with Gasteiger partial charge >= 0.3 is 0 Å². The second-order valence-electron chi connectivity index (χ2n) is 10.1. The zero-order chi connectivity index (χ0) is 30.1. The molecule has 1 amide bonds. The van der Waals surface area contributed by atoms with Crippen LogP contribution in [0.15, 0.2) is 113 Å². The van der Waals surface area contributed by atoms with E-state index in [0.717, 1.165) is 27.8 Å². The third kappa shape index (κ3) is 6.52. The molecule has 0 aliphatic carbocycles. The number of benzene rings is 4. The molecule has 1 heterocycles. The van der Waals surface area contributed by atoms with Gasteiger partial charge in [0.2, 0.25) is 5.90 Å². The Morgan fingerprint density at radius 2 is 1.60 bits per heavy atom. The molecule has 0 aromatic heterocycles. The highest BCUT2D eigenvalue weighted by molar-refractivity contribution is 6.01. The zero-order valence-corrected chi connectivity index (χ0v) is 23.5. The summed E-state index contributed by atoms with van der Waals surface area (Å²) in [5.41, 5.74) is 14.8. The molecular weight excluding hydrogens is 544 g/mol. The standard InChI is InChI=1S/C33H32N6O4/c34-38-32(41)33(21-27-9-4-5-10-28(27)22-36-39-35)30(25-13-11-24(12-14-25)23-7-2-1-3-8-23)43-31(37-33)26-15-17-29(18-16-26)42-20-6-19-40/h1-5,7-18,30,40H,6,19-22,34H2,(H,38,41)/t30-,33-/m0/s1. The largest absolute Gasteiger partial charge is 0.494 e. The fourth-order valence-corrected chi connectivity index (χ4v) is 5.17. The predicted octanol–water partition coefficient (Wildman–Crippen LogP) is 5.41. The van der Waals surface area contributed by atoms with Gasteiger partial charge in [-0.1, -0.05) is 84.0 Å². The molecule has 1 aliphatic heterocycles. The topological polar surface area (TPSA) is 155 Å². The van der Waals surface area contributed by atoms with Crippen molar-refractivity contribution in [3.8, 4) is 16.9 Å². The van der Waals surface area contributed by atoms with E-state index >= 15 is 0 Å². The number of hydrogen-bond donors (Lipinski definition) is 3. The fraction of sp³-hybridized carbons (Fsp3) is 0.212. The quantitative estimate of drug-likeness (QED) is 0.0391. The number of ether oxygens (including phenoxy) is 2. The summed E-state index contributed by atoms with van der Waals surface area (Å²) in [7, 11) is 0. The minimum atomic E-state index is -1.47. The number of azide groups is 1. The van der Waals surface area contributed by atoms with Crippen LogP contribution in [-0.2, 0) is 22.5 Å². The summed E-state index contributed by atoms with van der Waals surface area (Å²) < 4.78 is 12.2. The number of hydrogen-bond acceptors (Lipinski definition) is 7. The van der Waals surface area contributed by atoms with Gasteiger partial charge in [-0.15, -0.1) is 0 Å². The number of carbonyl (C=O) groups excluding carboxylic acids is 1. The SMILES string of the molecule is [N-]=[N+]=NCc1ccccc1C[C@]1(C(=O)NN)N=C(c2ccc(OCCCO)cc2)O[C@H]1c1ccc(-c2ccccc2)cc1. The van der Waals surface area contributed by atoms with Crippen LogP contribution >= 0.6 is 0 Å². The molecule has 4 aromatic carbocycles. The van der Waals surface area contributed by atoms with Gasteiger partial charge in [0.15, 0.2) is 11.6 Å². The second-order valence-corrected chi connectivity index (χ2v) is 10.1. The highest BCUT2D eigenvalue weighted by Gasteiger charge is 2.53. The number of carbonyl (C=O) groups is 1. The maximum absolute atomic E-state index is 13.8. The Hall–Kier alpha value is -5.15. The number of aliphatic hydroxyl groups excluding tert-OH is 1. The van der Waals surface area contributed by atoms with Crippen molar-refractivity contribution in [1.82, 2.24) is 5.43 Å². The van der Waals surface area contributed by atoms with Gasteiger partial charge in [-0.3, -0.25) is 10.2 Å². The lowest BCUT2D eigenvalue weighted by atomic mass is 9.81. The molecule has 1 aliphatic rings. The van der Waals surface area contributed by atoms with Crippen LogP contribution in [0.4, 0.5) is 0 Å². The molecule has 0 saturated heterocycles. The summed E-state index contributed by atoms with van der Waals surface area (Å²) in [4.78, 5) is 21.6.